The second-order valence-corrected chi connectivity index (χ2v) is 5.22. The highest BCUT2D eigenvalue weighted by Gasteiger charge is 2.14. The fourth-order valence-electron chi connectivity index (χ4n) is 2.24. The number of halogens is 1. The number of hydrogen-bond acceptors (Lipinski definition) is 6. The number of aromatic nitrogens is 2. The maximum absolute atomic E-state index is 12.8. The molecule has 7 heteroatoms. The summed E-state index contributed by atoms with van der Waals surface area (Å²) in [6, 6.07) is 7.93. The molecule has 1 aromatic carbocycles. The minimum absolute atomic E-state index is 0.267. The molecule has 0 aliphatic carbocycles. The Kier molecular flexibility index (Phi) is 4.77. The van der Waals surface area contributed by atoms with E-state index >= 15 is 0 Å². The van der Waals surface area contributed by atoms with E-state index in [2.05, 4.69) is 25.4 Å². The fourth-order valence-corrected chi connectivity index (χ4v) is 2.24. The molecular weight excluding hydrogens is 297 g/mol. The summed E-state index contributed by atoms with van der Waals surface area (Å²) in [7, 11) is 0. The number of nitrogens with one attached hydrogen (secondary N) is 1. The lowest BCUT2D eigenvalue weighted by atomic mass is 10.2. The molecule has 2 aromatic rings. The van der Waals surface area contributed by atoms with E-state index in [4.69, 9.17) is 4.74 Å². The minimum atomic E-state index is -0.267. The normalized spacial score (nSPS) is 15.1. The van der Waals surface area contributed by atoms with Gasteiger partial charge in [-0.25, -0.2) is 9.37 Å². The minimum Gasteiger partial charge on any atom is -0.378 e. The predicted octanol–water partition coefficient (Wildman–Crippen LogP) is 2.21. The van der Waals surface area contributed by atoms with Crippen molar-refractivity contribution in [2.24, 2.45) is 5.10 Å². The quantitative estimate of drug-likeness (QED) is 0.692. The van der Waals surface area contributed by atoms with Crippen LogP contribution in [0.4, 0.5) is 16.2 Å². The van der Waals surface area contributed by atoms with Crippen LogP contribution >= 0.6 is 0 Å². The Morgan fingerprint density at radius 1 is 1.22 bits per heavy atom. The molecule has 1 saturated heterocycles. The van der Waals surface area contributed by atoms with Crippen LogP contribution in [-0.2, 0) is 4.74 Å². The molecule has 1 fully saturated rings. The number of hydrazone groups is 1. The first kappa shape index (κ1) is 15.4. The summed E-state index contributed by atoms with van der Waals surface area (Å²) >= 11 is 0. The van der Waals surface area contributed by atoms with Crippen LogP contribution in [0.2, 0.25) is 0 Å². The molecule has 6 nitrogen and oxygen atoms in total. The number of nitrogens with zero attached hydrogens (tertiary/aromatic N) is 4. The number of aryl methyl sites for hydroxylation is 1. The van der Waals surface area contributed by atoms with Crippen molar-refractivity contribution >= 4 is 18.0 Å². The molecule has 120 valence electrons. The van der Waals surface area contributed by atoms with Gasteiger partial charge in [0, 0.05) is 24.8 Å². The second-order valence-electron chi connectivity index (χ2n) is 5.22. The van der Waals surface area contributed by atoms with Crippen molar-refractivity contribution in [3.63, 3.8) is 0 Å². The van der Waals surface area contributed by atoms with E-state index in [1.807, 2.05) is 13.0 Å². The van der Waals surface area contributed by atoms with Gasteiger partial charge in [0.25, 0.3) is 0 Å². The highest BCUT2D eigenvalue weighted by Crippen LogP contribution is 2.15. The van der Waals surface area contributed by atoms with Crippen LogP contribution in [0.3, 0.4) is 0 Å². The average Bonchev–Trinajstić information content (AvgIpc) is 2.57. The molecule has 0 spiro atoms. The summed E-state index contributed by atoms with van der Waals surface area (Å²) in [6.07, 6.45) is 1.62. The molecular formula is C16H18FN5O. The van der Waals surface area contributed by atoms with Crippen LogP contribution in [-0.4, -0.2) is 42.5 Å². The average molecular weight is 315 g/mol. The number of hydrogen-bond donors (Lipinski definition) is 1. The summed E-state index contributed by atoms with van der Waals surface area (Å²) in [5, 5.41) is 4.14. The molecule has 1 N–H and O–H groups in total. The summed E-state index contributed by atoms with van der Waals surface area (Å²) in [5.74, 6) is 1.03. The van der Waals surface area contributed by atoms with Crippen molar-refractivity contribution in [3.05, 3.63) is 47.4 Å². The lowest BCUT2D eigenvalue weighted by Crippen LogP contribution is -2.37. The lowest BCUT2D eigenvalue weighted by Gasteiger charge is -2.27. The van der Waals surface area contributed by atoms with Crippen LogP contribution in [0.25, 0.3) is 0 Å². The van der Waals surface area contributed by atoms with E-state index in [1.165, 1.54) is 12.1 Å². The first-order valence-corrected chi connectivity index (χ1v) is 7.44. The zero-order valence-corrected chi connectivity index (χ0v) is 12.9. The molecule has 1 aliphatic rings. The Hall–Kier alpha value is -2.54. The van der Waals surface area contributed by atoms with E-state index in [0.717, 1.165) is 24.3 Å². The summed E-state index contributed by atoms with van der Waals surface area (Å²) in [6.45, 7) is 4.84. The Labute approximate surface area is 134 Å². The highest BCUT2D eigenvalue weighted by molar-refractivity contribution is 5.79. The Morgan fingerprint density at radius 2 is 1.96 bits per heavy atom. The van der Waals surface area contributed by atoms with Crippen molar-refractivity contribution < 1.29 is 9.13 Å². The van der Waals surface area contributed by atoms with Crippen LogP contribution in [0.5, 0.6) is 0 Å². The maximum Gasteiger partial charge on any atom is 0.227 e. The third-order valence-electron chi connectivity index (χ3n) is 3.40. The van der Waals surface area contributed by atoms with Crippen molar-refractivity contribution in [3.8, 4) is 0 Å². The molecule has 23 heavy (non-hydrogen) atoms. The number of ether oxygens (including phenoxy) is 1. The standard InChI is InChI=1S/C16H18FN5O/c1-12-10-15(20-16(19-12)22-6-8-23-9-7-22)21-18-11-13-2-4-14(17)5-3-13/h2-5,10-11H,6-9H2,1H3,(H,19,20,21). The van der Waals surface area contributed by atoms with Gasteiger partial charge < -0.3 is 9.64 Å². The molecule has 0 bridgehead atoms. The van der Waals surface area contributed by atoms with Gasteiger partial charge in [0.2, 0.25) is 5.95 Å². The van der Waals surface area contributed by atoms with E-state index in [0.29, 0.717) is 25.0 Å². The number of benzene rings is 1. The van der Waals surface area contributed by atoms with E-state index in [9.17, 15) is 4.39 Å². The van der Waals surface area contributed by atoms with Crippen LogP contribution in [0, 0.1) is 12.7 Å². The molecule has 0 saturated carbocycles. The summed E-state index contributed by atoms with van der Waals surface area (Å²) in [4.78, 5) is 11.0. The largest absolute Gasteiger partial charge is 0.378 e. The molecule has 1 aromatic heterocycles. The van der Waals surface area contributed by atoms with Crippen LogP contribution < -0.4 is 10.3 Å². The Bertz CT molecular complexity index is 683. The van der Waals surface area contributed by atoms with E-state index < -0.39 is 0 Å². The van der Waals surface area contributed by atoms with Crippen LogP contribution in [0.1, 0.15) is 11.3 Å². The topological polar surface area (TPSA) is 62.6 Å². The van der Waals surface area contributed by atoms with Gasteiger partial charge in [-0.05, 0) is 24.6 Å². The van der Waals surface area contributed by atoms with Gasteiger partial charge >= 0.3 is 0 Å². The van der Waals surface area contributed by atoms with Crippen molar-refractivity contribution in [2.45, 2.75) is 6.92 Å². The summed E-state index contributed by atoms with van der Waals surface area (Å²) in [5.41, 5.74) is 4.56. The monoisotopic (exact) mass is 315 g/mol. The molecule has 3 rings (SSSR count). The highest BCUT2D eigenvalue weighted by atomic mass is 19.1. The van der Waals surface area contributed by atoms with E-state index in [1.54, 1.807) is 18.3 Å². The Balaban J connectivity index is 1.69. The van der Waals surface area contributed by atoms with Crippen LogP contribution in [0.15, 0.2) is 35.4 Å². The smallest absolute Gasteiger partial charge is 0.227 e. The van der Waals surface area contributed by atoms with Gasteiger partial charge in [-0.2, -0.15) is 10.1 Å². The van der Waals surface area contributed by atoms with Gasteiger partial charge in [-0.3, -0.25) is 5.43 Å². The summed E-state index contributed by atoms with van der Waals surface area (Å²) < 4.78 is 18.2. The molecule has 1 aliphatic heterocycles. The molecule has 0 amide bonds. The third kappa shape index (κ3) is 4.23. The van der Waals surface area contributed by atoms with Crippen molar-refractivity contribution in [2.75, 3.05) is 36.6 Å². The number of rotatable bonds is 4. The number of morpholine rings is 1. The molecule has 0 unspecified atom stereocenters. The molecule has 2 heterocycles. The first-order chi connectivity index (χ1) is 11.2. The van der Waals surface area contributed by atoms with Gasteiger partial charge in [0.15, 0.2) is 5.82 Å². The number of anilines is 2. The zero-order valence-electron chi connectivity index (χ0n) is 12.9. The van der Waals surface area contributed by atoms with Gasteiger partial charge in [0.1, 0.15) is 5.82 Å². The van der Waals surface area contributed by atoms with E-state index in [-0.39, 0.29) is 5.82 Å². The molecule has 0 radical (unpaired) electrons. The van der Waals surface area contributed by atoms with Gasteiger partial charge in [0.05, 0.1) is 19.4 Å². The lowest BCUT2D eigenvalue weighted by molar-refractivity contribution is 0.122. The van der Waals surface area contributed by atoms with Crippen molar-refractivity contribution in [1.29, 1.82) is 0 Å². The fraction of sp³-hybridized carbons (Fsp3) is 0.312. The zero-order chi connectivity index (χ0) is 16.1. The Morgan fingerprint density at radius 3 is 2.70 bits per heavy atom. The SMILES string of the molecule is Cc1cc(NN=Cc2ccc(F)cc2)nc(N2CCOCC2)n1. The second kappa shape index (κ2) is 7.15. The predicted molar refractivity (Wildman–Crippen MR) is 87.4 cm³/mol. The first-order valence-electron chi connectivity index (χ1n) is 7.44. The third-order valence-corrected chi connectivity index (χ3v) is 3.40. The van der Waals surface area contributed by atoms with Gasteiger partial charge in [-0.1, -0.05) is 12.1 Å². The molecule has 0 atom stereocenters. The van der Waals surface area contributed by atoms with Gasteiger partial charge in [-0.15, -0.1) is 0 Å². The maximum atomic E-state index is 12.8. The van der Waals surface area contributed by atoms with Crippen molar-refractivity contribution in [1.82, 2.24) is 9.97 Å².